The number of amides is 2. The Kier molecular flexibility index (Phi) is 10.9. The molecular weight excluding hydrogens is 588 g/mol. The molecule has 0 bridgehead atoms. The Hall–Kier alpha value is -3.78. The molecule has 3 aliphatic rings. The first-order chi connectivity index (χ1) is 22.9. The minimum atomic E-state index is -0.137. The molecule has 1 aliphatic carbocycles. The molecule has 250 valence electrons. The minimum absolute atomic E-state index is 0.0205. The average Bonchev–Trinajstić information content (AvgIpc) is 3.12. The fourth-order valence-electron chi connectivity index (χ4n) is 7.95. The number of piperidine rings is 2. The van der Waals surface area contributed by atoms with E-state index in [0.717, 1.165) is 72.1 Å². The molecular formula is C39H50N4O4. The highest BCUT2D eigenvalue weighted by molar-refractivity contribution is 6.09. The quantitative estimate of drug-likeness (QED) is 0.265. The molecule has 8 nitrogen and oxygen atoms in total. The van der Waals surface area contributed by atoms with Gasteiger partial charge in [0.15, 0.2) is 0 Å². The van der Waals surface area contributed by atoms with Gasteiger partial charge in [-0.15, -0.1) is 0 Å². The van der Waals surface area contributed by atoms with Crippen molar-refractivity contribution in [2.24, 2.45) is 17.8 Å². The topological polar surface area (TPSA) is 91.8 Å². The van der Waals surface area contributed by atoms with Crippen molar-refractivity contribution in [1.82, 2.24) is 20.1 Å². The van der Waals surface area contributed by atoms with E-state index in [1.165, 1.54) is 19.3 Å². The highest BCUT2D eigenvalue weighted by Gasteiger charge is 2.34. The highest BCUT2D eigenvalue weighted by Crippen LogP contribution is 2.34. The molecule has 3 heterocycles. The summed E-state index contributed by atoms with van der Waals surface area (Å²) in [6.45, 7) is 7.75. The van der Waals surface area contributed by atoms with Crippen LogP contribution in [0.15, 0.2) is 54.6 Å². The minimum Gasteiger partial charge on any atom is -0.466 e. The predicted octanol–water partition coefficient (Wildman–Crippen LogP) is 6.61. The molecule has 1 unspecified atom stereocenters. The molecule has 1 aromatic heterocycles. The standard InChI is InChI=1S/C39H50N4O4/c1-3-47-39(46)31-20-24-43(25-21-31)38(45)30-18-22-42(23-19-30)26-33-35(37(44)40-27(2)28-12-6-4-7-13-28)32-16-10-11-17-34(32)41-36(33)29-14-8-5-9-15-29/h5,8-11,14-17,27-28,30-31H,3-4,6-7,12-13,18-26H2,1-2H3,(H,40,44). The van der Waals surface area contributed by atoms with E-state index < -0.39 is 0 Å². The van der Waals surface area contributed by atoms with Crippen LogP contribution in [0.2, 0.25) is 0 Å². The van der Waals surface area contributed by atoms with Gasteiger partial charge in [0.1, 0.15) is 0 Å². The van der Waals surface area contributed by atoms with Gasteiger partial charge in [-0.25, -0.2) is 4.98 Å². The number of fused-ring (bicyclic) bond motifs is 1. The Labute approximate surface area is 279 Å². The fourth-order valence-corrected chi connectivity index (χ4v) is 7.95. The third-order valence-corrected chi connectivity index (χ3v) is 10.7. The van der Waals surface area contributed by atoms with Crippen molar-refractivity contribution >= 4 is 28.7 Å². The molecule has 3 fully saturated rings. The lowest BCUT2D eigenvalue weighted by Gasteiger charge is -2.37. The first-order valence-corrected chi connectivity index (χ1v) is 17.9. The lowest BCUT2D eigenvalue weighted by Crippen LogP contribution is -2.46. The number of aromatic nitrogens is 1. The van der Waals surface area contributed by atoms with E-state index in [4.69, 9.17) is 9.72 Å². The maximum absolute atomic E-state index is 14.3. The highest BCUT2D eigenvalue weighted by atomic mass is 16.5. The van der Waals surface area contributed by atoms with Gasteiger partial charge in [0.25, 0.3) is 5.91 Å². The van der Waals surface area contributed by atoms with Crippen LogP contribution in [0.5, 0.6) is 0 Å². The van der Waals surface area contributed by atoms with Crippen molar-refractivity contribution in [2.75, 3.05) is 32.8 Å². The number of pyridine rings is 1. The van der Waals surface area contributed by atoms with Crippen LogP contribution in [-0.4, -0.2) is 71.4 Å². The van der Waals surface area contributed by atoms with E-state index >= 15 is 0 Å². The Morgan fingerprint density at radius 2 is 1.51 bits per heavy atom. The summed E-state index contributed by atoms with van der Waals surface area (Å²) in [7, 11) is 0. The van der Waals surface area contributed by atoms with Crippen molar-refractivity contribution in [1.29, 1.82) is 0 Å². The number of ether oxygens (including phenoxy) is 1. The fraction of sp³-hybridized carbons (Fsp3) is 0.538. The van der Waals surface area contributed by atoms with Gasteiger partial charge in [-0.05, 0) is 77.4 Å². The average molecular weight is 639 g/mol. The second-order valence-corrected chi connectivity index (χ2v) is 13.8. The van der Waals surface area contributed by atoms with E-state index in [-0.39, 0.29) is 35.7 Å². The van der Waals surface area contributed by atoms with Gasteiger partial charge in [-0.2, -0.15) is 0 Å². The smallest absolute Gasteiger partial charge is 0.309 e. The third kappa shape index (κ3) is 7.69. The number of likely N-dealkylation sites (tertiary alicyclic amines) is 2. The van der Waals surface area contributed by atoms with Crippen LogP contribution in [0.3, 0.4) is 0 Å². The normalized spacial score (nSPS) is 19.4. The SMILES string of the molecule is CCOC(=O)C1CCN(C(=O)C2CCN(Cc3c(-c4ccccc4)nc4ccccc4c3C(=O)NC(C)C3CCCCC3)CC2)CC1. The van der Waals surface area contributed by atoms with E-state index in [1.807, 2.05) is 54.3 Å². The molecule has 1 N–H and O–H groups in total. The number of rotatable bonds is 9. The lowest BCUT2D eigenvalue weighted by molar-refractivity contribution is -0.152. The van der Waals surface area contributed by atoms with E-state index in [1.54, 1.807) is 0 Å². The van der Waals surface area contributed by atoms with Crippen LogP contribution in [0.4, 0.5) is 0 Å². The maximum Gasteiger partial charge on any atom is 0.309 e. The Morgan fingerprint density at radius 1 is 0.851 bits per heavy atom. The zero-order valence-corrected chi connectivity index (χ0v) is 28.1. The van der Waals surface area contributed by atoms with Gasteiger partial charge in [0, 0.05) is 48.1 Å². The monoisotopic (exact) mass is 638 g/mol. The van der Waals surface area contributed by atoms with Crippen LogP contribution in [0, 0.1) is 17.8 Å². The summed E-state index contributed by atoms with van der Waals surface area (Å²) in [6.07, 6.45) is 8.98. The Balaban J connectivity index is 1.21. The summed E-state index contributed by atoms with van der Waals surface area (Å²) in [6, 6.07) is 18.3. The van der Waals surface area contributed by atoms with Crippen molar-refractivity contribution in [3.8, 4) is 11.3 Å². The molecule has 2 saturated heterocycles. The molecule has 0 radical (unpaired) electrons. The molecule has 1 saturated carbocycles. The molecule has 2 amide bonds. The molecule has 6 rings (SSSR count). The van der Waals surface area contributed by atoms with Crippen LogP contribution in [-0.2, 0) is 20.9 Å². The number of benzene rings is 2. The molecule has 1 atom stereocenters. The molecule has 47 heavy (non-hydrogen) atoms. The van der Waals surface area contributed by atoms with Gasteiger partial charge < -0.3 is 15.0 Å². The largest absolute Gasteiger partial charge is 0.466 e. The van der Waals surface area contributed by atoms with E-state index in [0.29, 0.717) is 45.0 Å². The number of hydrogen-bond donors (Lipinski definition) is 1. The van der Waals surface area contributed by atoms with Crippen molar-refractivity contribution < 1.29 is 19.1 Å². The van der Waals surface area contributed by atoms with Crippen molar-refractivity contribution in [2.45, 2.75) is 84.2 Å². The molecule has 0 spiro atoms. The number of para-hydroxylation sites is 1. The van der Waals surface area contributed by atoms with Crippen LogP contribution in [0.25, 0.3) is 22.2 Å². The van der Waals surface area contributed by atoms with Crippen molar-refractivity contribution in [3.05, 3.63) is 65.7 Å². The van der Waals surface area contributed by atoms with Gasteiger partial charge in [-0.3, -0.25) is 19.3 Å². The van der Waals surface area contributed by atoms with E-state index in [9.17, 15) is 14.4 Å². The Morgan fingerprint density at radius 3 is 2.21 bits per heavy atom. The zero-order valence-electron chi connectivity index (χ0n) is 28.1. The summed E-state index contributed by atoms with van der Waals surface area (Å²) in [5.41, 5.74) is 4.34. The molecule has 2 aliphatic heterocycles. The Bertz CT molecular complexity index is 1540. The number of carbonyl (C=O) groups is 3. The summed E-state index contributed by atoms with van der Waals surface area (Å²) in [5, 5.41) is 4.31. The summed E-state index contributed by atoms with van der Waals surface area (Å²) >= 11 is 0. The van der Waals surface area contributed by atoms with Gasteiger partial charge >= 0.3 is 5.97 Å². The molecule has 3 aromatic rings. The lowest BCUT2D eigenvalue weighted by atomic mass is 9.84. The number of nitrogens with one attached hydrogen (secondary N) is 1. The van der Waals surface area contributed by atoms with Gasteiger partial charge in [-0.1, -0.05) is 67.8 Å². The number of hydrogen-bond acceptors (Lipinski definition) is 6. The number of carbonyl (C=O) groups excluding carboxylic acids is 3. The molecule has 2 aromatic carbocycles. The number of nitrogens with zero attached hydrogens (tertiary/aromatic N) is 3. The summed E-state index contributed by atoms with van der Waals surface area (Å²) in [4.78, 5) is 49.5. The first kappa shape index (κ1) is 33.1. The maximum atomic E-state index is 14.3. The summed E-state index contributed by atoms with van der Waals surface area (Å²) in [5.74, 6) is 0.430. The van der Waals surface area contributed by atoms with E-state index in [2.05, 4.69) is 29.3 Å². The first-order valence-electron chi connectivity index (χ1n) is 17.9. The second-order valence-electron chi connectivity index (χ2n) is 13.8. The van der Waals surface area contributed by atoms with Gasteiger partial charge in [0.05, 0.1) is 29.3 Å². The molecule has 8 heteroatoms. The third-order valence-electron chi connectivity index (χ3n) is 10.7. The summed E-state index contributed by atoms with van der Waals surface area (Å²) < 4.78 is 5.21. The van der Waals surface area contributed by atoms with Crippen LogP contribution >= 0.6 is 0 Å². The zero-order chi connectivity index (χ0) is 32.8. The second kappa shape index (κ2) is 15.4. The number of esters is 1. The van der Waals surface area contributed by atoms with Gasteiger partial charge in [0.2, 0.25) is 5.91 Å². The van der Waals surface area contributed by atoms with Crippen molar-refractivity contribution in [3.63, 3.8) is 0 Å². The predicted molar refractivity (Wildman–Crippen MR) is 185 cm³/mol. The van der Waals surface area contributed by atoms with Crippen LogP contribution in [0.1, 0.15) is 87.6 Å². The van der Waals surface area contributed by atoms with Crippen LogP contribution < -0.4 is 5.32 Å².